The van der Waals surface area contributed by atoms with Crippen molar-refractivity contribution in [3.8, 4) is 34.4 Å². The number of benzene rings is 3. The van der Waals surface area contributed by atoms with Crippen LogP contribution in [-0.4, -0.2) is 100 Å². The SMILES string of the molecule is [2H]C([2H])(Oc1nc(N2CCOC[C@H]3[C@H](F)[C@H]32)c2cc(F)c(-c3cc(OCOC)cc4ccc(F)c(C#C[Si](C(C)C)(C(C)C)C(C)C)c34)c(C)c2n1)[C@@]12CCCN1C[C@H](F)C2. The lowest BCUT2D eigenvalue weighted by Crippen LogP contribution is -2.43. The lowest BCUT2D eigenvalue weighted by molar-refractivity contribution is 0.0512. The summed E-state index contributed by atoms with van der Waals surface area (Å²) in [6.45, 7) is 13.6. The van der Waals surface area contributed by atoms with Crippen LogP contribution in [0.5, 0.6) is 11.8 Å². The van der Waals surface area contributed by atoms with Gasteiger partial charge in [-0.3, -0.25) is 4.90 Å². The predicted octanol–water partition coefficient (Wildman–Crippen LogP) is 9.72. The van der Waals surface area contributed by atoms with Gasteiger partial charge in [-0.2, -0.15) is 9.97 Å². The largest absolute Gasteiger partial charge is 0.468 e. The van der Waals surface area contributed by atoms with Gasteiger partial charge in [-0.1, -0.05) is 53.5 Å². The van der Waals surface area contributed by atoms with Crippen LogP contribution in [0.3, 0.4) is 0 Å². The van der Waals surface area contributed by atoms with Crippen LogP contribution in [-0.2, 0) is 9.47 Å². The minimum atomic E-state index is -2.42. The highest BCUT2D eigenvalue weighted by atomic mass is 28.3. The Morgan fingerprint density at radius 1 is 1.02 bits per heavy atom. The zero-order chi connectivity index (χ0) is 43.8. The second-order valence-electron chi connectivity index (χ2n) is 17.7. The zero-order valence-corrected chi connectivity index (χ0v) is 36.2. The summed E-state index contributed by atoms with van der Waals surface area (Å²) in [5.74, 6) is 2.22. The van der Waals surface area contributed by atoms with Gasteiger partial charge in [-0.25, -0.2) is 17.6 Å². The number of nitrogens with zero attached hydrogens (tertiary/aromatic N) is 4. The Bertz CT molecular complexity index is 2390. The fourth-order valence-corrected chi connectivity index (χ4v) is 15.8. The predicted molar refractivity (Wildman–Crippen MR) is 226 cm³/mol. The van der Waals surface area contributed by atoms with Gasteiger partial charge in [0.1, 0.15) is 50.2 Å². The molecule has 0 spiro atoms. The number of aryl methyl sites for hydroxylation is 1. The molecule has 316 valence electrons. The van der Waals surface area contributed by atoms with Gasteiger partial charge in [0.2, 0.25) is 0 Å². The molecule has 5 atom stereocenters. The molecule has 0 bridgehead atoms. The number of methoxy groups -OCH3 is 1. The molecule has 1 aliphatic carbocycles. The van der Waals surface area contributed by atoms with Crippen LogP contribution in [0.2, 0.25) is 16.6 Å². The minimum Gasteiger partial charge on any atom is -0.468 e. The standard InChI is InChI=1S/C46H56F4N4O4Si/c1-26(2)59(27(3)4,28(5)6)17-12-33-37(48)11-10-30-18-32(58-25-55-8)19-34(40(30)33)39-29(7)42-35(20-38(39)49)44(54-15-16-56-23-36-41(50)43(36)54)52-45(51-42)57-24-46-13-9-14-53(46)22-31(47)21-46/h10-11,18-20,26-28,31,36,41,43H,9,13-16,21-25H2,1-8H3/t31-,36+,41+,43+,46+/m1/s1/i24D2. The average Bonchev–Trinajstić information content (AvgIpc) is 3.55. The fraction of sp³-hybridized carbons (Fsp3) is 0.565. The van der Waals surface area contributed by atoms with Crippen LogP contribution in [0.15, 0.2) is 30.3 Å². The molecule has 0 radical (unpaired) electrons. The second-order valence-corrected chi connectivity index (χ2v) is 23.3. The Morgan fingerprint density at radius 3 is 2.51 bits per heavy atom. The van der Waals surface area contributed by atoms with E-state index in [2.05, 4.69) is 53.0 Å². The van der Waals surface area contributed by atoms with Crippen molar-refractivity contribution in [3.05, 3.63) is 53.1 Å². The van der Waals surface area contributed by atoms with Crippen molar-refractivity contribution in [2.75, 3.05) is 58.2 Å². The Hall–Kier alpha value is -3.96. The van der Waals surface area contributed by atoms with Crippen molar-refractivity contribution in [2.24, 2.45) is 5.92 Å². The number of halogens is 4. The number of aromatic nitrogens is 2. The van der Waals surface area contributed by atoms with Gasteiger partial charge in [-0.05, 0) is 83.7 Å². The summed E-state index contributed by atoms with van der Waals surface area (Å²) in [7, 11) is -0.865. The number of hydrogen-bond donors (Lipinski definition) is 0. The van der Waals surface area contributed by atoms with Gasteiger partial charge >= 0.3 is 6.01 Å². The number of alkyl halides is 2. The van der Waals surface area contributed by atoms with Gasteiger partial charge in [-0.15, -0.1) is 5.54 Å². The highest BCUT2D eigenvalue weighted by molar-refractivity contribution is 6.90. The topological polar surface area (TPSA) is 69.2 Å². The number of fused-ring (bicyclic) bond motifs is 4. The van der Waals surface area contributed by atoms with E-state index in [4.69, 9.17) is 28.9 Å². The molecule has 0 unspecified atom stereocenters. The van der Waals surface area contributed by atoms with Crippen LogP contribution in [0.4, 0.5) is 23.4 Å². The van der Waals surface area contributed by atoms with E-state index in [9.17, 15) is 7.13 Å². The first-order valence-electron chi connectivity index (χ1n) is 21.9. The number of anilines is 1. The van der Waals surface area contributed by atoms with Crippen molar-refractivity contribution in [1.82, 2.24) is 14.9 Å². The van der Waals surface area contributed by atoms with Gasteiger partial charge in [0, 0.05) is 48.9 Å². The third kappa shape index (κ3) is 7.25. The second kappa shape index (κ2) is 16.1. The molecule has 0 amide bonds. The minimum absolute atomic E-state index is 0.0446. The summed E-state index contributed by atoms with van der Waals surface area (Å²) >= 11 is 0. The van der Waals surface area contributed by atoms with Crippen LogP contribution in [0.1, 0.15) is 74.7 Å². The Morgan fingerprint density at radius 2 is 1.78 bits per heavy atom. The number of hydrogen-bond acceptors (Lipinski definition) is 8. The summed E-state index contributed by atoms with van der Waals surface area (Å²) in [6, 6.07) is 6.76. The first-order chi connectivity index (χ1) is 29.0. The highest BCUT2D eigenvalue weighted by Crippen LogP contribution is 2.48. The molecule has 0 N–H and O–H groups in total. The van der Waals surface area contributed by atoms with E-state index in [1.807, 2.05) is 4.90 Å². The van der Waals surface area contributed by atoms with Gasteiger partial charge < -0.3 is 23.8 Å². The molecule has 59 heavy (non-hydrogen) atoms. The van der Waals surface area contributed by atoms with Crippen molar-refractivity contribution in [2.45, 2.75) is 108 Å². The summed E-state index contributed by atoms with van der Waals surface area (Å²) in [5, 5.41) is 1.23. The van der Waals surface area contributed by atoms with Crippen LogP contribution in [0, 0.1) is 35.9 Å². The van der Waals surface area contributed by atoms with E-state index in [0.717, 1.165) is 0 Å². The zero-order valence-electron chi connectivity index (χ0n) is 37.2. The number of ether oxygens (including phenoxy) is 4. The molecule has 8 nitrogen and oxygen atoms in total. The Labute approximate surface area is 348 Å². The van der Waals surface area contributed by atoms with E-state index in [0.29, 0.717) is 47.0 Å². The third-order valence-electron chi connectivity index (χ3n) is 13.5. The van der Waals surface area contributed by atoms with Crippen LogP contribution < -0.4 is 14.4 Å². The van der Waals surface area contributed by atoms with E-state index >= 15 is 13.2 Å². The molecular weight excluding hydrogens is 777 g/mol. The molecular formula is C46H56F4N4O4Si. The van der Waals surface area contributed by atoms with E-state index < -0.39 is 56.1 Å². The lowest BCUT2D eigenvalue weighted by atomic mass is 9.90. The molecule has 1 saturated carbocycles. The first-order valence-corrected chi connectivity index (χ1v) is 23.2. The number of rotatable bonds is 11. The molecule has 3 aliphatic heterocycles. The molecule has 3 aromatic carbocycles. The normalized spacial score (nSPS) is 25.2. The lowest BCUT2D eigenvalue weighted by Gasteiger charge is -2.38. The quantitative estimate of drug-likeness (QED) is 0.0641. The van der Waals surface area contributed by atoms with Gasteiger partial charge in [0.05, 0.1) is 38.6 Å². The third-order valence-corrected chi connectivity index (χ3v) is 19.7. The van der Waals surface area contributed by atoms with Crippen LogP contribution in [0.25, 0.3) is 32.8 Å². The molecule has 4 heterocycles. The van der Waals surface area contributed by atoms with E-state index in [-0.39, 0.29) is 90.0 Å². The Kier molecular flexibility index (Phi) is 10.7. The maximum Gasteiger partial charge on any atom is 0.319 e. The smallest absolute Gasteiger partial charge is 0.319 e. The van der Waals surface area contributed by atoms with E-state index in [1.165, 1.54) is 19.2 Å². The van der Waals surface area contributed by atoms with Gasteiger partial charge in [0.25, 0.3) is 0 Å². The Balaban J connectivity index is 1.38. The van der Waals surface area contributed by atoms with Crippen LogP contribution >= 0.6 is 0 Å². The molecule has 3 saturated heterocycles. The molecule has 4 aromatic rings. The van der Waals surface area contributed by atoms with Crippen molar-refractivity contribution < 1.29 is 39.3 Å². The molecule has 8 rings (SSSR count). The monoisotopic (exact) mass is 834 g/mol. The molecule has 13 heteroatoms. The highest BCUT2D eigenvalue weighted by Gasteiger charge is 2.56. The maximum atomic E-state index is 17.4. The summed E-state index contributed by atoms with van der Waals surface area (Å²) < 4.78 is 106. The average molecular weight is 835 g/mol. The molecule has 4 aliphatic rings. The van der Waals surface area contributed by atoms with Crippen molar-refractivity contribution >= 4 is 35.6 Å². The maximum absolute atomic E-state index is 17.4. The van der Waals surface area contributed by atoms with Crippen molar-refractivity contribution in [3.63, 3.8) is 0 Å². The molecule has 1 aromatic heterocycles. The summed E-state index contributed by atoms with van der Waals surface area (Å²) in [4.78, 5) is 13.1. The summed E-state index contributed by atoms with van der Waals surface area (Å²) in [5.41, 5.74) is 4.36. The van der Waals surface area contributed by atoms with Crippen molar-refractivity contribution in [1.29, 1.82) is 0 Å². The van der Waals surface area contributed by atoms with Gasteiger partial charge in [0.15, 0.2) is 6.79 Å². The fourth-order valence-electron chi connectivity index (χ4n) is 10.6. The first kappa shape index (κ1) is 39.2. The van der Waals surface area contributed by atoms with E-state index in [1.54, 1.807) is 30.0 Å². The summed E-state index contributed by atoms with van der Waals surface area (Å²) in [6.07, 6.45) is -1.41. The molecule has 4 fully saturated rings.